The lowest BCUT2D eigenvalue weighted by Gasteiger charge is -2.04. The molecule has 0 unspecified atom stereocenters. The zero-order valence-electron chi connectivity index (χ0n) is 8.73. The van der Waals surface area contributed by atoms with E-state index < -0.39 is 0 Å². The Balaban J connectivity index is 2.42. The highest BCUT2D eigenvalue weighted by atomic mass is 16.7. The van der Waals surface area contributed by atoms with E-state index in [9.17, 15) is 0 Å². The predicted molar refractivity (Wildman–Crippen MR) is 55.6 cm³/mol. The minimum atomic E-state index is -0.328. The normalized spacial score (nSPS) is 18.1. The van der Waals surface area contributed by atoms with Gasteiger partial charge in [0.15, 0.2) is 5.69 Å². The molecule has 1 aliphatic rings. The van der Waals surface area contributed by atoms with Gasteiger partial charge in [-0.15, -0.1) is 4.57 Å². The zero-order valence-corrected chi connectivity index (χ0v) is 8.73. The minimum Gasteiger partial charge on any atom is -0.404 e. The molecule has 0 saturated heterocycles. The van der Waals surface area contributed by atoms with E-state index in [4.69, 9.17) is 9.47 Å². The Morgan fingerprint density at radius 3 is 2.93 bits per heavy atom. The number of methoxy groups -OCH3 is 1. The van der Waals surface area contributed by atoms with Crippen molar-refractivity contribution < 1.29 is 14.0 Å². The van der Waals surface area contributed by atoms with Gasteiger partial charge in [0.2, 0.25) is 5.75 Å². The Bertz CT molecular complexity index is 536. The summed E-state index contributed by atoms with van der Waals surface area (Å²) in [5, 5.41) is 1.18. The molecule has 0 saturated carbocycles. The molecule has 0 amide bonds. The fraction of sp³-hybridized carbons (Fsp3) is 0.250. The third-order valence-corrected chi connectivity index (χ3v) is 2.80. The van der Waals surface area contributed by atoms with Gasteiger partial charge in [-0.25, -0.2) is 0 Å². The Labute approximate surface area is 87.9 Å². The third-order valence-electron chi connectivity index (χ3n) is 2.80. The van der Waals surface area contributed by atoms with Crippen molar-refractivity contribution in [1.29, 1.82) is 0 Å². The number of nitrogens with zero attached hydrogens (tertiary/aromatic N) is 1. The van der Waals surface area contributed by atoms with E-state index >= 15 is 0 Å². The molecule has 0 aliphatic carbocycles. The molecule has 1 aromatic carbocycles. The highest BCUT2D eigenvalue weighted by Crippen LogP contribution is 2.30. The number of hydrogen-bond donors (Lipinski definition) is 0. The van der Waals surface area contributed by atoms with Gasteiger partial charge in [-0.1, -0.05) is 6.07 Å². The monoisotopic (exact) mass is 202 g/mol. The molecule has 1 atom stereocenters. The van der Waals surface area contributed by atoms with Crippen LogP contribution in [0.15, 0.2) is 30.3 Å². The molecular weight excluding hydrogens is 190 g/mol. The lowest BCUT2D eigenvalue weighted by molar-refractivity contribution is -0.766. The second-order valence-corrected chi connectivity index (χ2v) is 3.70. The second-order valence-electron chi connectivity index (χ2n) is 3.70. The lowest BCUT2D eigenvalue weighted by Crippen LogP contribution is -2.42. The first-order valence-corrected chi connectivity index (χ1v) is 4.94. The van der Waals surface area contributed by atoms with E-state index in [0.717, 1.165) is 17.0 Å². The van der Waals surface area contributed by atoms with Crippen molar-refractivity contribution >= 4 is 10.9 Å². The number of aryl methyl sites for hydroxylation is 1. The van der Waals surface area contributed by atoms with E-state index in [-0.39, 0.29) is 6.41 Å². The van der Waals surface area contributed by atoms with Gasteiger partial charge in [0, 0.05) is 20.1 Å². The maximum absolute atomic E-state index is 5.69. The molecule has 3 heteroatoms. The molecule has 2 aromatic rings. The van der Waals surface area contributed by atoms with Crippen LogP contribution in [0, 0.1) is 6.92 Å². The first-order chi connectivity index (χ1) is 7.31. The molecule has 2 heterocycles. The van der Waals surface area contributed by atoms with Crippen LogP contribution in [0.1, 0.15) is 12.1 Å². The largest absolute Gasteiger partial charge is 0.424 e. The topological polar surface area (TPSA) is 22.3 Å². The summed E-state index contributed by atoms with van der Waals surface area (Å²) in [6, 6.07) is 10.2. The quantitative estimate of drug-likeness (QED) is 0.659. The van der Waals surface area contributed by atoms with Gasteiger partial charge in [-0.2, -0.15) is 0 Å². The van der Waals surface area contributed by atoms with E-state index in [1.807, 2.05) is 12.1 Å². The first-order valence-electron chi connectivity index (χ1n) is 4.94. The van der Waals surface area contributed by atoms with E-state index in [2.05, 4.69) is 29.7 Å². The summed E-state index contributed by atoms with van der Waals surface area (Å²) in [5.41, 5.74) is 2.25. The molecule has 0 N–H and O–H groups in total. The molecule has 3 rings (SSSR count). The summed E-state index contributed by atoms with van der Waals surface area (Å²) in [7, 11) is 1.65. The zero-order chi connectivity index (χ0) is 10.4. The Kier molecular flexibility index (Phi) is 1.70. The van der Waals surface area contributed by atoms with Crippen molar-refractivity contribution in [3.63, 3.8) is 0 Å². The van der Waals surface area contributed by atoms with Crippen LogP contribution in [-0.2, 0) is 4.74 Å². The van der Waals surface area contributed by atoms with Gasteiger partial charge in [-0.05, 0) is 18.2 Å². The van der Waals surface area contributed by atoms with Crippen molar-refractivity contribution in [1.82, 2.24) is 0 Å². The number of rotatable bonds is 1. The number of para-hydroxylation sites is 1. The summed E-state index contributed by atoms with van der Waals surface area (Å²) in [6.45, 7) is 2.05. The third kappa shape index (κ3) is 1.07. The molecular formula is C12H12NO2+. The number of benzene rings is 1. The molecule has 1 aromatic heterocycles. The average molecular weight is 202 g/mol. The minimum absolute atomic E-state index is 0.328. The van der Waals surface area contributed by atoms with Gasteiger partial charge in [0.05, 0.1) is 5.39 Å². The highest BCUT2D eigenvalue weighted by Gasteiger charge is 2.35. The first kappa shape index (κ1) is 8.68. The summed E-state index contributed by atoms with van der Waals surface area (Å²) >= 11 is 0. The lowest BCUT2D eigenvalue weighted by atomic mass is 10.2. The Morgan fingerprint density at radius 1 is 1.27 bits per heavy atom. The van der Waals surface area contributed by atoms with Gasteiger partial charge >= 0.3 is 6.41 Å². The second kappa shape index (κ2) is 2.94. The van der Waals surface area contributed by atoms with Crippen LogP contribution >= 0.6 is 0 Å². The molecule has 15 heavy (non-hydrogen) atoms. The molecule has 0 bridgehead atoms. The van der Waals surface area contributed by atoms with Crippen LogP contribution in [0.5, 0.6) is 5.75 Å². The van der Waals surface area contributed by atoms with Gasteiger partial charge in [0.1, 0.15) is 0 Å². The van der Waals surface area contributed by atoms with Crippen LogP contribution < -0.4 is 9.30 Å². The van der Waals surface area contributed by atoms with Crippen molar-refractivity contribution in [2.75, 3.05) is 7.11 Å². The molecule has 0 radical (unpaired) electrons. The van der Waals surface area contributed by atoms with E-state index in [1.54, 1.807) is 7.11 Å². The van der Waals surface area contributed by atoms with Gasteiger partial charge < -0.3 is 4.74 Å². The molecule has 0 fully saturated rings. The van der Waals surface area contributed by atoms with Crippen LogP contribution in [0.25, 0.3) is 10.9 Å². The Hall–Kier alpha value is -1.61. The molecule has 76 valence electrons. The predicted octanol–water partition coefficient (Wildman–Crippen LogP) is 1.93. The number of pyridine rings is 1. The maximum Gasteiger partial charge on any atom is 0.424 e. The molecule has 0 spiro atoms. The van der Waals surface area contributed by atoms with Crippen molar-refractivity contribution in [3.8, 4) is 5.75 Å². The summed E-state index contributed by atoms with van der Waals surface area (Å²) in [4.78, 5) is 0. The molecule has 3 nitrogen and oxygen atoms in total. The van der Waals surface area contributed by atoms with Crippen LogP contribution in [0.2, 0.25) is 0 Å². The summed E-state index contributed by atoms with van der Waals surface area (Å²) in [5.74, 6) is 0.892. The summed E-state index contributed by atoms with van der Waals surface area (Å²) in [6.07, 6.45) is -0.328. The SMILES string of the molecule is CO[C@H]1Oc2cccc3ccc(C)[n+]1c23. The van der Waals surface area contributed by atoms with Gasteiger partial charge in [0.25, 0.3) is 5.52 Å². The van der Waals surface area contributed by atoms with Crippen molar-refractivity contribution in [2.45, 2.75) is 13.3 Å². The standard InChI is InChI=1S/C12H12NO2/c1-8-6-7-9-4-3-5-10-11(9)13(8)12(14-2)15-10/h3-7,12H,1-2H3/q+1/t12-/m0/s1. The smallest absolute Gasteiger partial charge is 0.404 e. The maximum atomic E-state index is 5.69. The average Bonchev–Trinajstić information content (AvgIpc) is 2.64. The van der Waals surface area contributed by atoms with E-state index in [1.165, 1.54) is 5.39 Å². The van der Waals surface area contributed by atoms with Crippen LogP contribution in [-0.4, -0.2) is 7.11 Å². The number of aromatic nitrogens is 1. The highest BCUT2D eigenvalue weighted by molar-refractivity contribution is 5.82. The number of hydrogen-bond acceptors (Lipinski definition) is 2. The fourth-order valence-corrected chi connectivity index (χ4v) is 2.08. The van der Waals surface area contributed by atoms with Crippen LogP contribution in [0.4, 0.5) is 0 Å². The fourth-order valence-electron chi connectivity index (χ4n) is 2.08. The summed E-state index contributed by atoms with van der Waals surface area (Å²) < 4.78 is 13.1. The number of ether oxygens (including phenoxy) is 2. The Morgan fingerprint density at radius 2 is 2.13 bits per heavy atom. The van der Waals surface area contributed by atoms with Crippen molar-refractivity contribution in [2.24, 2.45) is 0 Å². The molecule has 1 aliphatic heterocycles. The van der Waals surface area contributed by atoms with Crippen LogP contribution in [0.3, 0.4) is 0 Å². The van der Waals surface area contributed by atoms with Gasteiger partial charge in [-0.3, -0.25) is 4.74 Å². The van der Waals surface area contributed by atoms with E-state index in [0.29, 0.717) is 0 Å². The van der Waals surface area contributed by atoms with Crippen molar-refractivity contribution in [3.05, 3.63) is 36.0 Å².